The van der Waals surface area contributed by atoms with Crippen LogP contribution in [0.15, 0.2) is 41.4 Å². The van der Waals surface area contributed by atoms with Crippen LogP contribution in [0.25, 0.3) is 0 Å². The van der Waals surface area contributed by atoms with Gasteiger partial charge in [0.05, 0.1) is 5.69 Å². The Morgan fingerprint density at radius 1 is 1.16 bits per heavy atom. The van der Waals surface area contributed by atoms with Crippen LogP contribution in [0.1, 0.15) is 27.9 Å². The number of benzene rings is 2. The molecule has 4 rings (SSSR count). The molecule has 2 aromatic carbocycles. The second-order valence-corrected chi connectivity index (χ2v) is 8.19. The smallest absolute Gasteiger partial charge is 0.205 e. The molecule has 25 heavy (non-hydrogen) atoms. The van der Waals surface area contributed by atoms with Gasteiger partial charge < -0.3 is 4.90 Å². The van der Waals surface area contributed by atoms with Gasteiger partial charge in [-0.25, -0.2) is 4.99 Å². The summed E-state index contributed by atoms with van der Waals surface area (Å²) in [6, 6.07) is 12.2. The molecule has 1 atom stereocenters. The largest absolute Gasteiger partial charge is 0.327 e. The number of carbonyl (C=O) groups excluding carboxylic acids is 1. The molecule has 6 heteroatoms. The highest BCUT2D eigenvalue weighted by Gasteiger charge is 2.55. The van der Waals surface area contributed by atoms with Gasteiger partial charge in [-0.3, -0.25) is 7.86 Å². The maximum atomic E-state index is 13.3. The number of aliphatic imine (C=N–C) groups is 1. The molecule has 1 fully saturated rings. The molecule has 0 bridgehead atoms. The molecule has 0 saturated carbocycles. The topological polar surface area (TPSA) is 41.9 Å². The number of aryl methyl sites for hydroxylation is 2. The van der Waals surface area contributed by atoms with E-state index in [1.165, 1.54) is 3.57 Å². The summed E-state index contributed by atoms with van der Waals surface area (Å²) < 4.78 is 6.94. The van der Waals surface area contributed by atoms with E-state index in [9.17, 15) is 4.79 Å². The van der Waals surface area contributed by atoms with Crippen LogP contribution < -0.4 is 4.90 Å². The van der Waals surface area contributed by atoms with Crippen molar-refractivity contribution in [3.63, 3.8) is 0 Å². The van der Waals surface area contributed by atoms with Crippen LogP contribution in [0, 0.1) is 17.4 Å². The molecule has 128 valence electrons. The van der Waals surface area contributed by atoms with Gasteiger partial charge in [-0.05, 0) is 84.0 Å². The first-order chi connectivity index (χ1) is 12.0. The normalized spacial score (nSPS) is 21.8. The maximum Gasteiger partial charge on any atom is 0.205 e. The summed E-state index contributed by atoms with van der Waals surface area (Å²) >= 11 is 4.14. The molecular formula is C19H16I2N2O2. The molecule has 0 aliphatic carbocycles. The highest BCUT2D eigenvalue weighted by atomic mass is 127. The fourth-order valence-corrected chi connectivity index (χ4v) is 4.43. The van der Waals surface area contributed by atoms with E-state index >= 15 is 0 Å². The van der Waals surface area contributed by atoms with Crippen molar-refractivity contribution in [1.29, 1.82) is 0 Å². The molecule has 0 spiro atoms. The minimum Gasteiger partial charge on any atom is -0.327 e. The van der Waals surface area contributed by atoms with Crippen molar-refractivity contribution in [1.82, 2.24) is 0 Å². The standard InChI is InChI=1S/C19H16I2N2O2/c1-11-9-15-16(10-12(11)2)22-18-19(25-21,17(15)24)7-8-23(18)14-5-3-13(20)4-6-14/h3-6,9-10H,7-8H2,1-2H3/t19-/m1/s1. The number of anilines is 1. The van der Waals surface area contributed by atoms with E-state index < -0.39 is 5.60 Å². The number of amidine groups is 1. The summed E-state index contributed by atoms with van der Waals surface area (Å²) in [5.74, 6) is 0.710. The van der Waals surface area contributed by atoms with Crippen LogP contribution in [-0.2, 0) is 3.07 Å². The van der Waals surface area contributed by atoms with Crippen molar-refractivity contribution in [3.8, 4) is 0 Å². The van der Waals surface area contributed by atoms with Crippen molar-refractivity contribution in [2.45, 2.75) is 25.9 Å². The number of rotatable bonds is 2. The predicted molar refractivity (Wildman–Crippen MR) is 116 cm³/mol. The van der Waals surface area contributed by atoms with Crippen molar-refractivity contribution >= 4 is 68.6 Å². The number of halogens is 2. The van der Waals surface area contributed by atoms with Crippen LogP contribution in [0.3, 0.4) is 0 Å². The molecule has 2 aliphatic heterocycles. The van der Waals surface area contributed by atoms with Gasteiger partial charge in [0.1, 0.15) is 23.0 Å². The third kappa shape index (κ3) is 2.64. The molecule has 2 heterocycles. The van der Waals surface area contributed by atoms with Gasteiger partial charge in [0.15, 0.2) is 5.84 Å². The number of carbonyl (C=O) groups is 1. The first-order valence-corrected chi connectivity index (χ1v) is 10.0. The van der Waals surface area contributed by atoms with Crippen LogP contribution in [0.2, 0.25) is 0 Å². The Balaban J connectivity index is 1.89. The quantitative estimate of drug-likeness (QED) is 0.480. The molecule has 0 N–H and O–H groups in total. The van der Waals surface area contributed by atoms with Gasteiger partial charge >= 0.3 is 0 Å². The fourth-order valence-electron chi connectivity index (χ4n) is 3.46. The second-order valence-electron chi connectivity index (χ2n) is 6.50. The Labute approximate surface area is 174 Å². The van der Waals surface area contributed by atoms with Gasteiger partial charge in [-0.2, -0.15) is 0 Å². The average Bonchev–Trinajstić information content (AvgIpc) is 2.98. The minimum atomic E-state index is -0.988. The Hall–Kier alpha value is -1.00. The molecule has 0 amide bonds. The first-order valence-electron chi connectivity index (χ1n) is 8.04. The summed E-state index contributed by atoms with van der Waals surface area (Å²) in [5.41, 5.74) is 3.68. The fraction of sp³-hybridized carbons (Fsp3) is 0.263. The zero-order valence-electron chi connectivity index (χ0n) is 13.8. The monoisotopic (exact) mass is 558 g/mol. The highest BCUT2D eigenvalue weighted by Crippen LogP contribution is 2.43. The van der Waals surface area contributed by atoms with E-state index in [0.717, 1.165) is 22.5 Å². The SMILES string of the molecule is Cc1cc2c(cc1C)C(=O)[C@]1(OI)CCN(c3ccc(I)cc3)C1=N2. The summed E-state index contributed by atoms with van der Waals surface area (Å²) in [6.45, 7) is 4.77. The zero-order chi connectivity index (χ0) is 17.8. The minimum absolute atomic E-state index is 0.0120. The van der Waals surface area contributed by atoms with Gasteiger partial charge in [-0.1, -0.05) is 0 Å². The van der Waals surface area contributed by atoms with E-state index in [4.69, 9.17) is 8.06 Å². The van der Waals surface area contributed by atoms with E-state index in [0.29, 0.717) is 24.4 Å². The Bertz CT molecular complexity index is 908. The lowest BCUT2D eigenvalue weighted by Gasteiger charge is -2.32. The van der Waals surface area contributed by atoms with Crippen molar-refractivity contribution in [2.75, 3.05) is 11.4 Å². The van der Waals surface area contributed by atoms with Crippen LogP contribution in [0.4, 0.5) is 11.4 Å². The lowest BCUT2D eigenvalue weighted by Crippen LogP contribution is -2.49. The molecule has 2 aliphatic rings. The summed E-state index contributed by atoms with van der Waals surface area (Å²) in [6.07, 6.45) is 0.603. The number of hydrogen-bond acceptors (Lipinski definition) is 4. The molecular weight excluding hydrogens is 542 g/mol. The van der Waals surface area contributed by atoms with Gasteiger partial charge in [-0.15, -0.1) is 0 Å². The maximum absolute atomic E-state index is 13.3. The number of Topliss-reactive ketones (excluding diaryl/α,β-unsaturated/α-hetero) is 1. The number of nitrogens with zero attached hydrogens (tertiary/aromatic N) is 2. The lowest BCUT2D eigenvalue weighted by atomic mass is 9.86. The molecule has 0 aromatic heterocycles. The van der Waals surface area contributed by atoms with E-state index in [1.807, 2.05) is 49.0 Å². The first kappa shape index (κ1) is 17.4. The average molecular weight is 558 g/mol. The third-order valence-corrected chi connectivity index (χ3v) is 6.50. The second kappa shape index (κ2) is 6.31. The van der Waals surface area contributed by atoms with E-state index in [1.54, 1.807) is 0 Å². The Morgan fingerprint density at radius 2 is 1.84 bits per heavy atom. The van der Waals surface area contributed by atoms with Crippen molar-refractivity contribution in [3.05, 3.63) is 56.7 Å². The number of ketones is 1. The van der Waals surface area contributed by atoms with Crippen LogP contribution >= 0.6 is 45.6 Å². The van der Waals surface area contributed by atoms with E-state index in [2.05, 4.69) is 51.8 Å². The highest BCUT2D eigenvalue weighted by molar-refractivity contribution is 14.1. The third-order valence-electron chi connectivity index (χ3n) is 5.02. The molecule has 2 aromatic rings. The van der Waals surface area contributed by atoms with Crippen LogP contribution in [-0.4, -0.2) is 23.8 Å². The van der Waals surface area contributed by atoms with Gasteiger partial charge in [0, 0.05) is 27.8 Å². The van der Waals surface area contributed by atoms with Gasteiger partial charge in [0.2, 0.25) is 11.4 Å². The number of hydrogen-bond donors (Lipinski definition) is 0. The lowest BCUT2D eigenvalue weighted by molar-refractivity contribution is 0.0769. The van der Waals surface area contributed by atoms with Crippen molar-refractivity contribution in [2.24, 2.45) is 4.99 Å². The zero-order valence-corrected chi connectivity index (χ0v) is 18.2. The van der Waals surface area contributed by atoms with E-state index in [-0.39, 0.29) is 5.78 Å². The Kier molecular flexibility index (Phi) is 4.40. The predicted octanol–water partition coefficient (Wildman–Crippen LogP) is 5.15. The van der Waals surface area contributed by atoms with Gasteiger partial charge in [0.25, 0.3) is 0 Å². The Morgan fingerprint density at radius 3 is 2.52 bits per heavy atom. The summed E-state index contributed by atoms with van der Waals surface area (Å²) in [4.78, 5) is 20.3. The number of fused-ring (bicyclic) bond motifs is 2. The molecule has 0 unspecified atom stereocenters. The van der Waals surface area contributed by atoms with Crippen LogP contribution in [0.5, 0.6) is 0 Å². The molecule has 1 saturated heterocycles. The molecule has 0 radical (unpaired) electrons. The van der Waals surface area contributed by atoms with Crippen molar-refractivity contribution < 1.29 is 7.86 Å². The summed E-state index contributed by atoms with van der Waals surface area (Å²) in [5, 5.41) is 0. The molecule has 4 nitrogen and oxygen atoms in total. The summed E-state index contributed by atoms with van der Waals surface area (Å²) in [7, 11) is 0.